The summed E-state index contributed by atoms with van der Waals surface area (Å²) in [6.07, 6.45) is 2.55. The number of phenolic OH excluding ortho intramolecular Hbond substituents is 1. The first-order chi connectivity index (χ1) is 20.4. The summed E-state index contributed by atoms with van der Waals surface area (Å²) < 4.78 is 17.1. The lowest BCUT2D eigenvalue weighted by molar-refractivity contribution is 0.0426. The van der Waals surface area contributed by atoms with Crippen molar-refractivity contribution in [2.75, 3.05) is 57.9 Å². The molecule has 222 valence electrons. The summed E-state index contributed by atoms with van der Waals surface area (Å²) in [6, 6.07) is 13.9. The number of ether oxygens (including phenoxy) is 2. The number of hydrogen-bond acceptors (Lipinski definition) is 8. The summed E-state index contributed by atoms with van der Waals surface area (Å²) in [6.45, 7) is 5.96. The number of likely N-dealkylation sites (tertiary alicyclic amines) is 1. The molecule has 0 atom stereocenters. The molecule has 3 aliphatic rings. The Morgan fingerprint density at radius 2 is 1.74 bits per heavy atom. The van der Waals surface area contributed by atoms with Crippen molar-refractivity contribution in [2.24, 2.45) is 0 Å². The number of nitrogens with one attached hydrogen (secondary N) is 2. The zero-order valence-electron chi connectivity index (χ0n) is 23.1. The lowest BCUT2D eigenvalue weighted by Gasteiger charge is -2.18. The van der Waals surface area contributed by atoms with E-state index < -0.39 is 5.97 Å². The summed E-state index contributed by atoms with van der Waals surface area (Å²) >= 11 is 5.39. The van der Waals surface area contributed by atoms with Crippen molar-refractivity contribution in [1.82, 2.24) is 10.2 Å². The SMILES string of the molecule is O=C(O)c1cc(NC(=S)NCCOCCOCCN2CCCC2)ccc1-c1c2ccc(=O)cc-2oc2cc(O)ccc12.[3HH]. The van der Waals surface area contributed by atoms with Gasteiger partial charge in [-0.05, 0) is 80.1 Å². The van der Waals surface area contributed by atoms with Gasteiger partial charge in [0.2, 0.25) is 0 Å². The number of nitrogens with zero attached hydrogens (tertiary/aromatic N) is 1. The predicted molar refractivity (Wildman–Crippen MR) is 167 cm³/mol. The second-order valence-corrected chi connectivity index (χ2v) is 10.4. The first kappa shape index (κ1) is 29.5. The maximum atomic E-state index is 12.4. The number of hydrogen-bond donors (Lipinski definition) is 4. The standard InChI is InChI=1S/C31H33N3O7S.H2/c35-21-4-7-24-27(18-21)41-28-19-22(36)5-8-25(28)29(24)23-6-3-20(17-26(23)30(37)38)33-31(42)32-9-13-39-15-16-40-14-12-34-10-1-2-11-34;/h3-8,17-19,35H,1-2,9-16H2,(H,37,38)(H2,32,33,42);1H/i;1+2. The zero-order chi connectivity index (χ0) is 29.5. The Morgan fingerprint density at radius 3 is 2.52 bits per heavy atom. The van der Waals surface area contributed by atoms with E-state index in [1.54, 1.807) is 24.3 Å². The van der Waals surface area contributed by atoms with Crippen LogP contribution in [0.15, 0.2) is 63.8 Å². The largest absolute Gasteiger partial charge is 0.508 e. The van der Waals surface area contributed by atoms with Crippen LogP contribution in [0.1, 0.15) is 24.6 Å². The van der Waals surface area contributed by atoms with Gasteiger partial charge in [0, 0.05) is 48.8 Å². The first-order valence-corrected chi connectivity index (χ1v) is 14.3. The highest BCUT2D eigenvalue weighted by Crippen LogP contribution is 2.42. The van der Waals surface area contributed by atoms with E-state index in [-0.39, 0.29) is 23.9 Å². The van der Waals surface area contributed by atoms with E-state index in [0.29, 0.717) is 71.4 Å². The van der Waals surface area contributed by atoms with Crippen molar-refractivity contribution in [3.05, 3.63) is 70.4 Å². The number of thiocarbonyl (C=S) groups is 1. The minimum atomic E-state index is -1.13. The molecule has 2 aromatic rings. The molecule has 0 amide bonds. The van der Waals surface area contributed by atoms with Gasteiger partial charge in [-0.25, -0.2) is 4.79 Å². The molecule has 0 unspecified atom stereocenters. The highest BCUT2D eigenvalue weighted by atomic mass is 32.1. The van der Waals surface area contributed by atoms with Gasteiger partial charge in [-0.2, -0.15) is 0 Å². The summed E-state index contributed by atoms with van der Waals surface area (Å²) in [5.74, 6) is -0.860. The van der Waals surface area contributed by atoms with Gasteiger partial charge in [-0.3, -0.25) is 4.79 Å². The van der Waals surface area contributed by atoms with Gasteiger partial charge in [-0.15, -0.1) is 0 Å². The summed E-state index contributed by atoms with van der Waals surface area (Å²) in [5.41, 5.74) is 2.18. The number of aromatic carboxylic acids is 1. The maximum absolute atomic E-state index is 12.4. The molecule has 0 radical (unpaired) electrons. The molecule has 1 fully saturated rings. The number of aromatic hydroxyl groups is 1. The van der Waals surface area contributed by atoms with Crippen LogP contribution < -0.4 is 16.1 Å². The number of fused-ring (bicyclic) bond motifs is 2. The van der Waals surface area contributed by atoms with Gasteiger partial charge in [-0.1, -0.05) is 6.07 Å². The Hall–Kier alpha value is -4.03. The molecule has 1 aliphatic carbocycles. The van der Waals surface area contributed by atoms with E-state index >= 15 is 0 Å². The number of carboxylic acids is 1. The van der Waals surface area contributed by atoms with Gasteiger partial charge in [0.15, 0.2) is 10.5 Å². The quantitative estimate of drug-likeness (QED) is 0.104. The van der Waals surface area contributed by atoms with Crippen LogP contribution in [0.4, 0.5) is 5.69 Å². The zero-order valence-corrected chi connectivity index (χ0v) is 23.9. The Bertz CT molecular complexity index is 1610. The van der Waals surface area contributed by atoms with Crippen molar-refractivity contribution >= 4 is 40.0 Å². The monoisotopic (exact) mass is 595 g/mol. The number of anilines is 1. The molecule has 11 heteroatoms. The third-order valence-electron chi connectivity index (χ3n) is 7.11. The van der Waals surface area contributed by atoms with E-state index in [4.69, 9.17) is 26.1 Å². The fourth-order valence-corrected chi connectivity index (χ4v) is 5.32. The third kappa shape index (κ3) is 7.24. The number of carboxylic acid groups (broad SMARTS) is 1. The highest BCUT2D eigenvalue weighted by molar-refractivity contribution is 7.80. The average Bonchev–Trinajstić information content (AvgIpc) is 3.48. The topological polar surface area (TPSA) is 134 Å². The molecule has 5 rings (SSSR count). The minimum absolute atomic E-state index is 0. The van der Waals surface area contributed by atoms with Crippen LogP contribution in [0.5, 0.6) is 5.75 Å². The summed E-state index contributed by atoms with van der Waals surface area (Å²) in [4.78, 5) is 26.8. The van der Waals surface area contributed by atoms with Crippen LogP contribution in [0, 0.1) is 0 Å². The van der Waals surface area contributed by atoms with E-state index in [1.807, 2.05) is 0 Å². The fraction of sp³-hybridized carbons (Fsp3) is 0.323. The molecule has 0 spiro atoms. The maximum Gasteiger partial charge on any atom is 0.336 e. The predicted octanol–water partition coefficient (Wildman–Crippen LogP) is 4.63. The summed E-state index contributed by atoms with van der Waals surface area (Å²) in [7, 11) is 0. The van der Waals surface area contributed by atoms with Gasteiger partial charge in [0.1, 0.15) is 17.1 Å². The highest BCUT2D eigenvalue weighted by Gasteiger charge is 2.22. The molecule has 42 heavy (non-hydrogen) atoms. The van der Waals surface area contributed by atoms with Crippen molar-refractivity contribution in [3.8, 4) is 28.2 Å². The average molecular weight is 596 g/mol. The Balaban J connectivity index is 0.00000423. The van der Waals surface area contributed by atoms with Crippen LogP contribution in [0.3, 0.4) is 0 Å². The van der Waals surface area contributed by atoms with Gasteiger partial charge in [0.25, 0.3) is 0 Å². The fourth-order valence-electron chi connectivity index (χ4n) is 5.10. The van der Waals surface area contributed by atoms with Crippen LogP contribution in [0.25, 0.3) is 33.4 Å². The Labute approximate surface area is 249 Å². The number of rotatable bonds is 12. The molecule has 0 bridgehead atoms. The molecular weight excluding hydrogens is 558 g/mol. The molecule has 2 aliphatic heterocycles. The number of phenols is 1. The summed E-state index contributed by atoms with van der Waals surface area (Å²) in [5, 5.41) is 27.1. The molecule has 4 N–H and O–H groups in total. The van der Waals surface area contributed by atoms with Crippen LogP contribution >= 0.6 is 12.2 Å². The van der Waals surface area contributed by atoms with Crippen molar-refractivity contribution in [1.29, 1.82) is 0 Å². The molecule has 2 heterocycles. The molecule has 1 saturated heterocycles. The van der Waals surface area contributed by atoms with Crippen molar-refractivity contribution in [3.63, 3.8) is 0 Å². The van der Waals surface area contributed by atoms with E-state index in [2.05, 4.69) is 15.5 Å². The van der Waals surface area contributed by atoms with Crippen LogP contribution in [0.2, 0.25) is 0 Å². The molecule has 0 aromatic heterocycles. The normalized spacial score (nSPS) is 13.5. The minimum Gasteiger partial charge on any atom is -0.508 e. The molecule has 10 nitrogen and oxygen atoms in total. The van der Waals surface area contributed by atoms with Crippen molar-refractivity contribution < 1.29 is 30.3 Å². The van der Waals surface area contributed by atoms with E-state index in [1.165, 1.54) is 43.2 Å². The third-order valence-corrected chi connectivity index (χ3v) is 7.35. The molecule has 0 saturated carbocycles. The first-order valence-electron chi connectivity index (χ1n) is 13.9. The van der Waals surface area contributed by atoms with Crippen LogP contribution in [-0.4, -0.2) is 78.8 Å². The van der Waals surface area contributed by atoms with Gasteiger partial charge < -0.3 is 39.6 Å². The lowest BCUT2D eigenvalue weighted by atomic mass is 9.90. The second kappa shape index (κ2) is 13.8. The number of benzene rings is 3. The molecular formula is C31H35N3O7S. The van der Waals surface area contributed by atoms with Gasteiger partial charge >= 0.3 is 5.97 Å². The van der Waals surface area contributed by atoms with Crippen LogP contribution in [-0.2, 0) is 9.47 Å². The van der Waals surface area contributed by atoms with E-state index in [9.17, 15) is 19.8 Å². The second-order valence-electron chi connectivity index (χ2n) is 10.0. The van der Waals surface area contributed by atoms with E-state index in [0.717, 1.165) is 19.6 Å². The Morgan fingerprint density at radius 1 is 0.976 bits per heavy atom. The molecule has 2 aromatic carbocycles. The van der Waals surface area contributed by atoms with Crippen molar-refractivity contribution in [2.45, 2.75) is 12.8 Å². The smallest absolute Gasteiger partial charge is 0.336 e. The lowest BCUT2D eigenvalue weighted by Crippen LogP contribution is -2.31. The Kier molecular flexibility index (Phi) is 9.65. The number of carbonyl (C=O) groups is 1. The van der Waals surface area contributed by atoms with Gasteiger partial charge in [0.05, 0.1) is 32.0 Å².